The fraction of sp³-hybridized carbons (Fsp3) is 0.556. The van der Waals surface area contributed by atoms with Crippen LogP contribution in [-0.4, -0.2) is 34.5 Å². The van der Waals surface area contributed by atoms with Crippen molar-refractivity contribution < 1.29 is 14.7 Å². The highest BCUT2D eigenvalue weighted by atomic mass is 16.4. The van der Waals surface area contributed by atoms with Crippen molar-refractivity contribution >= 4 is 11.9 Å². The van der Waals surface area contributed by atoms with Gasteiger partial charge in [-0.05, 0) is 37.7 Å². The Morgan fingerprint density at radius 1 is 1.18 bits per heavy atom. The van der Waals surface area contributed by atoms with E-state index in [1.807, 2.05) is 36.1 Å². The molecule has 1 heterocycles. The lowest BCUT2D eigenvalue weighted by Gasteiger charge is -2.41. The molecule has 1 N–H and O–H groups in total. The summed E-state index contributed by atoms with van der Waals surface area (Å²) in [5, 5.41) is 9.37. The van der Waals surface area contributed by atoms with E-state index in [0.717, 1.165) is 24.8 Å². The number of carboxylic acids is 1. The molecule has 0 aromatic heterocycles. The van der Waals surface area contributed by atoms with Crippen LogP contribution in [0.5, 0.6) is 0 Å². The van der Waals surface area contributed by atoms with Crippen LogP contribution in [0.1, 0.15) is 36.8 Å². The van der Waals surface area contributed by atoms with Crippen LogP contribution >= 0.6 is 0 Å². The van der Waals surface area contributed by atoms with Crippen molar-refractivity contribution in [3.8, 4) is 0 Å². The van der Waals surface area contributed by atoms with Gasteiger partial charge in [0.2, 0.25) is 5.91 Å². The Morgan fingerprint density at radius 3 is 2.59 bits per heavy atom. The van der Waals surface area contributed by atoms with Gasteiger partial charge >= 0.3 is 5.97 Å². The zero-order valence-electron chi connectivity index (χ0n) is 13.0. The largest absolute Gasteiger partial charge is 0.481 e. The second kappa shape index (κ2) is 6.11. The summed E-state index contributed by atoms with van der Waals surface area (Å²) in [6.07, 6.45) is 3.94. The van der Waals surface area contributed by atoms with Gasteiger partial charge in [0.05, 0.1) is 12.3 Å². The molecule has 1 saturated heterocycles. The summed E-state index contributed by atoms with van der Waals surface area (Å²) in [5.74, 6) is -0.670. The summed E-state index contributed by atoms with van der Waals surface area (Å²) in [6.45, 7) is 2.62. The van der Waals surface area contributed by atoms with Crippen molar-refractivity contribution in [2.45, 2.75) is 45.1 Å². The highest BCUT2D eigenvalue weighted by Crippen LogP contribution is 2.40. The molecule has 2 fully saturated rings. The predicted octanol–water partition coefficient (Wildman–Crippen LogP) is 2.64. The van der Waals surface area contributed by atoms with Crippen LogP contribution in [0.2, 0.25) is 0 Å². The summed E-state index contributed by atoms with van der Waals surface area (Å²) in [5.41, 5.74) is 2.22. The number of likely N-dealkylation sites (tertiary alicyclic amines) is 1. The van der Waals surface area contributed by atoms with E-state index in [1.165, 1.54) is 5.56 Å². The molecule has 1 amide bonds. The summed E-state index contributed by atoms with van der Waals surface area (Å²) in [4.78, 5) is 26.0. The molecule has 2 aliphatic rings. The number of carbonyl (C=O) groups is 2. The second-order valence-corrected chi connectivity index (χ2v) is 6.65. The number of aliphatic carboxylic acids is 1. The van der Waals surface area contributed by atoms with E-state index in [4.69, 9.17) is 0 Å². The van der Waals surface area contributed by atoms with Crippen LogP contribution in [0.25, 0.3) is 0 Å². The minimum absolute atomic E-state index is 0.132. The van der Waals surface area contributed by atoms with E-state index in [9.17, 15) is 14.7 Å². The van der Waals surface area contributed by atoms with Crippen LogP contribution < -0.4 is 0 Å². The first-order valence-corrected chi connectivity index (χ1v) is 8.14. The molecule has 0 bridgehead atoms. The summed E-state index contributed by atoms with van der Waals surface area (Å²) < 4.78 is 0. The number of carbonyl (C=O) groups excluding carboxylic acids is 1. The highest BCUT2D eigenvalue weighted by Gasteiger charge is 2.45. The van der Waals surface area contributed by atoms with Crippen LogP contribution in [0, 0.1) is 18.8 Å². The number of aryl methyl sites for hydroxylation is 1. The molecular formula is C18H23NO3. The molecule has 3 unspecified atom stereocenters. The molecule has 4 heteroatoms. The molecule has 118 valence electrons. The molecular weight excluding hydrogens is 278 g/mol. The first-order chi connectivity index (χ1) is 10.6. The van der Waals surface area contributed by atoms with Gasteiger partial charge in [-0.25, -0.2) is 0 Å². The summed E-state index contributed by atoms with van der Waals surface area (Å²) in [6, 6.07) is 8.19. The van der Waals surface area contributed by atoms with Crippen LogP contribution in [0.4, 0.5) is 0 Å². The summed E-state index contributed by atoms with van der Waals surface area (Å²) >= 11 is 0. The topological polar surface area (TPSA) is 57.6 Å². The molecule has 4 nitrogen and oxygen atoms in total. The van der Waals surface area contributed by atoms with Crippen molar-refractivity contribution in [1.82, 2.24) is 4.90 Å². The smallest absolute Gasteiger partial charge is 0.306 e. The van der Waals surface area contributed by atoms with Gasteiger partial charge in [0, 0.05) is 12.6 Å². The Balaban J connectivity index is 1.70. The zero-order chi connectivity index (χ0) is 15.7. The Bertz CT molecular complexity index is 566. The van der Waals surface area contributed by atoms with E-state index in [-0.39, 0.29) is 23.8 Å². The van der Waals surface area contributed by atoms with Gasteiger partial charge in [-0.1, -0.05) is 36.2 Å². The second-order valence-electron chi connectivity index (χ2n) is 6.65. The third-order valence-electron chi connectivity index (χ3n) is 5.24. The van der Waals surface area contributed by atoms with E-state index >= 15 is 0 Å². The molecule has 1 aliphatic carbocycles. The molecule has 0 radical (unpaired) electrons. The van der Waals surface area contributed by atoms with Gasteiger partial charge in [0.1, 0.15) is 0 Å². The van der Waals surface area contributed by atoms with Gasteiger partial charge in [0.25, 0.3) is 0 Å². The maximum absolute atomic E-state index is 12.7. The molecule has 1 aromatic carbocycles. The highest BCUT2D eigenvalue weighted by molar-refractivity contribution is 5.80. The lowest BCUT2D eigenvalue weighted by atomic mass is 9.81. The van der Waals surface area contributed by atoms with Crippen molar-refractivity contribution in [3.63, 3.8) is 0 Å². The molecule has 3 rings (SSSR count). The quantitative estimate of drug-likeness (QED) is 0.933. The number of piperidine rings is 1. The third kappa shape index (κ3) is 2.87. The molecule has 1 aliphatic heterocycles. The lowest BCUT2D eigenvalue weighted by Crippen LogP contribution is -2.51. The number of hydrogen-bond acceptors (Lipinski definition) is 2. The van der Waals surface area contributed by atoms with Crippen LogP contribution in [0.15, 0.2) is 24.3 Å². The first-order valence-electron chi connectivity index (χ1n) is 8.14. The van der Waals surface area contributed by atoms with E-state index in [2.05, 4.69) is 0 Å². The monoisotopic (exact) mass is 301 g/mol. The fourth-order valence-electron chi connectivity index (χ4n) is 4.08. The van der Waals surface area contributed by atoms with E-state index < -0.39 is 5.97 Å². The molecule has 22 heavy (non-hydrogen) atoms. The number of carboxylic acid groups (broad SMARTS) is 1. The summed E-state index contributed by atoms with van der Waals surface area (Å²) in [7, 11) is 0. The first kappa shape index (κ1) is 15.1. The van der Waals surface area contributed by atoms with Crippen molar-refractivity contribution in [2.24, 2.45) is 11.8 Å². The van der Waals surface area contributed by atoms with Crippen LogP contribution in [0.3, 0.4) is 0 Å². The Morgan fingerprint density at radius 2 is 1.91 bits per heavy atom. The van der Waals surface area contributed by atoms with Gasteiger partial charge in [-0.15, -0.1) is 0 Å². The number of amides is 1. The minimum atomic E-state index is -0.692. The number of benzene rings is 1. The van der Waals surface area contributed by atoms with Gasteiger partial charge in [-0.2, -0.15) is 0 Å². The van der Waals surface area contributed by atoms with Gasteiger partial charge in [0.15, 0.2) is 0 Å². The van der Waals surface area contributed by atoms with Crippen molar-refractivity contribution in [3.05, 3.63) is 35.4 Å². The molecule has 1 saturated carbocycles. The van der Waals surface area contributed by atoms with E-state index in [1.54, 1.807) is 0 Å². The standard InChI is InChI=1S/C18H23NO3/c1-12-5-7-13(8-6-12)11-17(20)19-10-9-15(18(21)22)14-3-2-4-16(14)19/h5-8,14-16H,2-4,9-11H2,1H3,(H,21,22). The Labute approximate surface area is 131 Å². The maximum Gasteiger partial charge on any atom is 0.306 e. The number of rotatable bonds is 3. The van der Waals surface area contributed by atoms with Crippen LogP contribution in [-0.2, 0) is 16.0 Å². The van der Waals surface area contributed by atoms with Crippen molar-refractivity contribution in [1.29, 1.82) is 0 Å². The SMILES string of the molecule is Cc1ccc(CC(=O)N2CCC(C(=O)O)C3CCCC32)cc1. The molecule has 1 aromatic rings. The predicted molar refractivity (Wildman–Crippen MR) is 83.5 cm³/mol. The number of nitrogens with zero attached hydrogens (tertiary/aromatic N) is 1. The van der Waals surface area contributed by atoms with Crippen molar-refractivity contribution in [2.75, 3.05) is 6.54 Å². The third-order valence-corrected chi connectivity index (χ3v) is 5.24. The fourth-order valence-corrected chi connectivity index (χ4v) is 4.08. The Hall–Kier alpha value is -1.84. The van der Waals surface area contributed by atoms with Gasteiger partial charge < -0.3 is 10.0 Å². The normalized spacial score (nSPS) is 27.5. The minimum Gasteiger partial charge on any atom is -0.481 e. The van der Waals surface area contributed by atoms with E-state index in [0.29, 0.717) is 19.4 Å². The Kier molecular flexibility index (Phi) is 4.19. The van der Waals surface area contributed by atoms with Gasteiger partial charge in [-0.3, -0.25) is 9.59 Å². The number of hydrogen-bond donors (Lipinski definition) is 1. The average molecular weight is 301 g/mol. The number of fused-ring (bicyclic) bond motifs is 1. The maximum atomic E-state index is 12.7. The lowest BCUT2D eigenvalue weighted by molar-refractivity contribution is -0.150. The average Bonchev–Trinajstić information content (AvgIpc) is 2.97. The zero-order valence-corrected chi connectivity index (χ0v) is 13.0. The molecule has 3 atom stereocenters. The molecule has 0 spiro atoms.